The van der Waals surface area contributed by atoms with Gasteiger partial charge < -0.3 is 10.1 Å². The molecule has 0 bridgehead atoms. The van der Waals surface area contributed by atoms with Crippen molar-refractivity contribution in [3.8, 4) is 11.6 Å². The Morgan fingerprint density at radius 2 is 2.18 bits per heavy atom. The van der Waals surface area contributed by atoms with Crippen molar-refractivity contribution in [2.45, 2.75) is 6.92 Å². The van der Waals surface area contributed by atoms with E-state index in [2.05, 4.69) is 20.4 Å². The van der Waals surface area contributed by atoms with Crippen molar-refractivity contribution >= 4 is 17.4 Å². The summed E-state index contributed by atoms with van der Waals surface area (Å²) >= 11 is 5.97. The number of anilines is 1. The first-order valence-electron chi connectivity index (χ1n) is 4.96. The number of ether oxygens (including phenoxy) is 1. The van der Waals surface area contributed by atoms with Crippen LogP contribution in [0.1, 0.15) is 5.69 Å². The Morgan fingerprint density at radius 3 is 2.71 bits per heavy atom. The Hall–Kier alpha value is -1.82. The van der Waals surface area contributed by atoms with E-state index >= 15 is 0 Å². The van der Waals surface area contributed by atoms with Crippen molar-refractivity contribution < 1.29 is 4.74 Å². The van der Waals surface area contributed by atoms with Gasteiger partial charge in [0.05, 0.1) is 24.0 Å². The lowest BCUT2D eigenvalue weighted by atomic mass is 10.4. The maximum atomic E-state index is 5.97. The lowest BCUT2D eigenvalue weighted by Crippen LogP contribution is -2.06. The van der Waals surface area contributed by atoms with Gasteiger partial charge >= 0.3 is 0 Å². The molecule has 17 heavy (non-hydrogen) atoms. The lowest BCUT2D eigenvalue weighted by Gasteiger charge is -2.10. The number of nitrogens with zero attached hydrogens (tertiary/aromatic N) is 4. The van der Waals surface area contributed by atoms with E-state index in [1.165, 1.54) is 6.33 Å². The second kappa shape index (κ2) is 4.58. The van der Waals surface area contributed by atoms with E-state index in [0.717, 1.165) is 5.69 Å². The number of methoxy groups -OCH3 is 1. The van der Waals surface area contributed by atoms with Crippen molar-refractivity contribution in [2.75, 3.05) is 19.5 Å². The summed E-state index contributed by atoms with van der Waals surface area (Å²) < 4.78 is 6.85. The monoisotopic (exact) mass is 253 g/mol. The molecule has 0 aliphatic heterocycles. The van der Waals surface area contributed by atoms with Gasteiger partial charge in [0.25, 0.3) is 0 Å². The Morgan fingerprint density at radius 1 is 1.41 bits per heavy atom. The molecule has 2 aromatic rings. The van der Waals surface area contributed by atoms with Crippen LogP contribution < -0.4 is 10.1 Å². The summed E-state index contributed by atoms with van der Waals surface area (Å²) in [5.41, 5.74) is 0.735. The summed E-state index contributed by atoms with van der Waals surface area (Å²) in [6.45, 7) is 1.82. The minimum atomic E-state index is 0.522. The van der Waals surface area contributed by atoms with Crippen LogP contribution in [-0.2, 0) is 0 Å². The van der Waals surface area contributed by atoms with E-state index in [9.17, 15) is 0 Å². The number of hydrogen-bond donors (Lipinski definition) is 1. The first-order chi connectivity index (χ1) is 8.17. The van der Waals surface area contributed by atoms with Crippen molar-refractivity contribution in [1.82, 2.24) is 19.7 Å². The SMILES string of the molecule is CNc1ncnc(-n2cc(Cl)c(C)n2)c1OC. The predicted octanol–water partition coefficient (Wildman–Crippen LogP) is 1.67. The van der Waals surface area contributed by atoms with E-state index in [0.29, 0.717) is 22.4 Å². The molecule has 0 unspecified atom stereocenters. The van der Waals surface area contributed by atoms with Crippen LogP contribution in [0.3, 0.4) is 0 Å². The quantitative estimate of drug-likeness (QED) is 0.902. The normalized spacial score (nSPS) is 10.4. The van der Waals surface area contributed by atoms with Gasteiger partial charge in [-0.25, -0.2) is 14.6 Å². The number of rotatable bonds is 3. The highest BCUT2D eigenvalue weighted by Gasteiger charge is 2.14. The van der Waals surface area contributed by atoms with Gasteiger partial charge in [-0.2, -0.15) is 5.10 Å². The van der Waals surface area contributed by atoms with Crippen LogP contribution in [0.4, 0.5) is 5.82 Å². The number of hydrogen-bond acceptors (Lipinski definition) is 5. The van der Waals surface area contributed by atoms with Crippen LogP contribution in [0, 0.1) is 6.92 Å². The maximum Gasteiger partial charge on any atom is 0.206 e. The molecular formula is C10H12ClN5O. The molecule has 0 aromatic carbocycles. The summed E-state index contributed by atoms with van der Waals surface area (Å²) in [7, 11) is 3.32. The van der Waals surface area contributed by atoms with Gasteiger partial charge in [0.2, 0.25) is 11.6 Å². The van der Waals surface area contributed by atoms with Crippen LogP contribution in [0.25, 0.3) is 5.82 Å². The molecule has 90 valence electrons. The third-order valence-corrected chi connectivity index (χ3v) is 2.65. The summed E-state index contributed by atoms with van der Waals surface area (Å²) in [4.78, 5) is 8.21. The van der Waals surface area contributed by atoms with Gasteiger partial charge in [0.1, 0.15) is 6.33 Å². The van der Waals surface area contributed by atoms with Gasteiger partial charge in [0, 0.05) is 7.05 Å². The molecule has 0 radical (unpaired) electrons. The van der Waals surface area contributed by atoms with Gasteiger partial charge in [-0.1, -0.05) is 11.6 Å². The first-order valence-corrected chi connectivity index (χ1v) is 5.34. The summed E-state index contributed by atoms with van der Waals surface area (Å²) in [5.74, 6) is 1.66. The van der Waals surface area contributed by atoms with E-state index in [-0.39, 0.29) is 0 Å². The van der Waals surface area contributed by atoms with Crippen LogP contribution in [0.2, 0.25) is 5.02 Å². The minimum absolute atomic E-state index is 0.522. The zero-order valence-electron chi connectivity index (χ0n) is 9.73. The highest BCUT2D eigenvalue weighted by Crippen LogP contribution is 2.28. The molecule has 0 aliphatic carbocycles. The summed E-state index contributed by atoms with van der Waals surface area (Å²) in [6.07, 6.45) is 3.12. The molecule has 2 heterocycles. The van der Waals surface area contributed by atoms with Crippen molar-refractivity contribution in [3.63, 3.8) is 0 Å². The highest BCUT2D eigenvalue weighted by molar-refractivity contribution is 6.31. The van der Waals surface area contributed by atoms with Crippen LogP contribution in [-0.4, -0.2) is 33.9 Å². The minimum Gasteiger partial charge on any atom is -0.490 e. The Bertz CT molecular complexity index is 520. The fraction of sp³-hybridized carbons (Fsp3) is 0.300. The Labute approximate surface area is 104 Å². The molecular weight excluding hydrogens is 242 g/mol. The standard InChI is InChI=1S/C10H12ClN5O/c1-6-7(11)4-16(15-6)10-8(17-3)9(12-2)13-5-14-10/h4-5H,1-3H3,(H,12,13,14). The molecule has 0 atom stereocenters. The van der Waals surface area contributed by atoms with E-state index in [4.69, 9.17) is 16.3 Å². The molecule has 0 saturated carbocycles. The van der Waals surface area contributed by atoms with Gasteiger partial charge in [0.15, 0.2) is 5.82 Å². The first kappa shape index (κ1) is 11.7. The fourth-order valence-electron chi connectivity index (χ4n) is 1.44. The topological polar surface area (TPSA) is 64.9 Å². The number of nitrogens with one attached hydrogen (secondary N) is 1. The molecule has 2 rings (SSSR count). The van der Waals surface area contributed by atoms with Gasteiger partial charge in [-0.3, -0.25) is 0 Å². The number of aryl methyl sites for hydroxylation is 1. The third-order valence-electron chi connectivity index (χ3n) is 2.28. The average molecular weight is 254 g/mol. The second-order valence-corrected chi connectivity index (χ2v) is 3.74. The molecule has 2 aromatic heterocycles. The highest BCUT2D eigenvalue weighted by atomic mass is 35.5. The van der Waals surface area contributed by atoms with Crippen molar-refractivity contribution in [3.05, 3.63) is 23.2 Å². The lowest BCUT2D eigenvalue weighted by molar-refractivity contribution is 0.409. The van der Waals surface area contributed by atoms with E-state index in [1.54, 1.807) is 25.0 Å². The molecule has 6 nitrogen and oxygen atoms in total. The zero-order chi connectivity index (χ0) is 12.4. The molecule has 0 spiro atoms. The van der Waals surface area contributed by atoms with Crippen molar-refractivity contribution in [1.29, 1.82) is 0 Å². The fourth-order valence-corrected chi connectivity index (χ4v) is 1.57. The largest absolute Gasteiger partial charge is 0.490 e. The predicted molar refractivity (Wildman–Crippen MR) is 65.0 cm³/mol. The van der Waals surface area contributed by atoms with Gasteiger partial charge in [-0.15, -0.1) is 0 Å². The second-order valence-electron chi connectivity index (χ2n) is 3.34. The average Bonchev–Trinajstić information content (AvgIpc) is 2.68. The number of halogens is 1. The molecule has 0 aliphatic rings. The summed E-state index contributed by atoms with van der Waals surface area (Å²) in [6, 6.07) is 0. The molecule has 0 fully saturated rings. The van der Waals surface area contributed by atoms with E-state index < -0.39 is 0 Å². The molecule has 0 amide bonds. The van der Waals surface area contributed by atoms with Crippen LogP contribution in [0.15, 0.2) is 12.5 Å². The van der Waals surface area contributed by atoms with Crippen LogP contribution in [0.5, 0.6) is 5.75 Å². The Kier molecular flexibility index (Phi) is 3.14. The zero-order valence-corrected chi connectivity index (χ0v) is 10.5. The smallest absolute Gasteiger partial charge is 0.206 e. The van der Waals surface area contributed by atoms with Crippen molar-refractivity contribution in [2.24, 2.45) is 0 Å². The van der Waals surface area contributed by atoms with Crippen LogP contribution >= 0.6 is 11.6 Å². The maximum absolute atomic E-state index is 5.97. The molecule has 7 heteroatoms. The third kappa shape index (κ3) is 2.03. The molecule has 0 saturated heterocycles. The van der Waals surface area contributed by atoms with E-state index in [1.807, 2.05) is 6.92 Å². The number of aromatic nitrogens is 4. The summed E-state index contributed by atoms with van der Waals surface area (Å²) in [5, 5.41) is 7.76. The Balaban J connectivity index is 2.58. The molecule has 1 N–H and O–H groups in total. The van der Waals surface area contributed by atoms with Gasteiger partial charge in [-0.05, 0) is 6.92 Å².